The van der Waals surface area contributed by atoms with Crippen molar-refractivity contribution in [2.45, 2.75) is 56.3 Å². The van der Waals surface area contributed by atoms with Gasteiger partial charge in [0.15, 0.2) is 9.84 Å². The van der Waals surface area contributed by atoms with E-state index < -0.39 is 15.8 Å². The third kappa shape index (κ3) is 3.90. The molecule has 0 radical (unpaired) electrons. The molecular weight excluding hydrogens is 372 g/mol. The van der Waals surface area contributed by atoms with Crippen molar-refractivity contribution in [3.8, 4) is 0 Å². The van der Waals surface area contributed by atoms with E-state index in [0.717, 1.165) is 18.4 Å². The molecule has 0 heterocycles. The number of fused-ring (bicyclic) bond motifs is 1. The average Bonchev–Trinajstić information content (AvgIpc) is 2.64. The van der Waals surface area contributed by atoms with Crippen LogP contribution >= 0.6 is 0 Å². The van der Waals surface area contributed by atoms with E-state index in [1.165, 1.54) is 29.2 Å². The van der Waals surface area contributed by atoms with Crippen LogP contribution in [0.1, 0.15) is 67.6 Å². The second-order valence-corrected chi connectivity index (χ2v) is 10.6. The van der Waals surface area contributed by atoms with Crippen LogP contribution in [-0.2, 0) is 20.7 Å². The molecule has 2 aromatic rings. The SMILES string of the molecule is CC1(C)CCC(C)(C)c2cc(S(=O)(=O)/C=C/c3ccc(C(=O)O)cc3)ccc21. The Labute approximate surface area is 166 Å². The normalized spacial score (nSPS) is 18.0. The fraction of sp³-hybridized carbons (Fsp3) is 0.348. The topological polar surface area (TPSA) is 71.4 Å². The Morgan fingerprint density at radius 3 is 2.07 bits per heavy atom. The van der Waals surface area contributed by atoms with Gasteiger partial charge < -0.3 is 5.11 Å². The van der Waals surface area contributed by atoms with E-state index >= 15 is 0 Å². The molecule has 0 amide bonds. The standard InChI is InChI=1S/C23H26O4S/c1-22(2)12-13-23(3,4)20-15-18(9-10-19(20)22)28(26,27)14-11-16-5-7-17(8-6-16)21(24)25/h5-11,14-15H,12-13H2,1-4H3,(H,24,25)/b14-11+. The number of hydrogen-bond acceptors (Lipinski definition) is 3. The van der Waals surface area contributed by atoms with Crippen molar-refractivity contribution in [1.82, 2.24) is 0 Å². The highest BCUT2D eigenvalue weighted by molar-refractivity contribution is 7.94. The summed E-state index contributed by atoms with van der Waals surface area (Å²) < 4.78 is 25.7. The molecule has 0 saturated carbocycles. The highest BCUT2D eigenvalue weighted by Crippen LogP contribution is 2.46. The zero-order valence-electron chi connectivity index (χ0n) is 16.7. The van der Waals surface area contributed by atoms with E-state index in [9.17, 15) is 13.2 Å². The summed E-state index contributed by atoms with van der Waals surface area (Å²) in [6.07, 6.45) is 3.59. The molecule has 1 aliphatic rings. The maximum Gasteiger partial charge on any atom is 0.335 e. The number of carboxylic acids is 1. The summed E-state index contributed by atoms with van der Waals surface area (Å²) in [5.41, 5.74) is 3.09. The van der Waals surface area contributed by atoms with Crippen LogP contribution in [0.25, 0.3) is 6.08 Å². The largest absolute Gasteiger partial charge is 0.478 e. The zero-order valence-corrected chi connectivity index (χ0v) is 17.5. The maximum atomic E-state index is 12.9. The lowest BCUT2D eigenvalue weighted by Crippen LogP contribution is -2.34. The first-order valence-electron chi connectivity index (χ1n) is 9.34. The molecule has 0 atom stereocenters. The van der Waals surface area contributed by atoms with Crippen molar-refractivity contribution in [3.63, 3.8) is 0 Å². The lowest BCUT2D eigenvalue weighted by molar-refractivity contribution is 0.0697. The van der Waals surface area contributed by atoms with Crippen molar-refractivity contribution < 1.29 is 18.3 Å². The number of aromatic carboxylic acids is 1. The monoisotopic (exact) mass is 398 g/mol. The van der Waals surface area contributed by atoms with Crippen LogP contribution < -0.4 is 0 Å². The lowest BCUT2D eigenvalue weighted by atomic mass is 9.63. The van der Waals surface area contributed by atoms with Gasteiger partial charge in [0.05, 0.1) is 10.5 Å². The molecule has 148 valence electrons. The van der Waals surface area contributed by atoms with Crippen LogP contribution in [0.4, 0.5) is 0 Å². The molecule has 0 aliphatic heterocycles. The smallest absolute Gasteiger partial charge is 0.335 e. The van der Waals surface area contributed by atoms with Crippen LogP contribution in [0.2, 0.25) is 0 Å². The van der Waals surface area contributed by atoms with Crippen molar-refractivity contribution in [2.24, 2.45) is 0 Å². The number of sulfone groups is 1. The Morgan fingerprint density at radius 1 is 0.929 bits per heavy atom. The predicted molar refractivity (Wildman–Crippen MR) is 111 cm³/mol. The molecule has 0 aromatic heterocycles. The first kappa shape index (κ1) is 20.3. The quantitative estimate of drug-likeness (QED) is 0.770. The summed E-state index contributed by atoms with van der Waals surface area (Å²) in [5, 5.41) is 10.1. The van der Waals surface area contributed by atoms with Crippen molar-refractivity contribution in [3.05, 3.63) is 70.1 Å². The predicted octanol–water partition coefficient (Wildman–Crippen LogP) is 5.18. The van der Waals surface area contributed by atoms with E-state index in [1.54, 1.807) is 18.2 Å². The van der Waals surface area contributed by atoms with E-state index in [1.807, 2.05) is 12.1 Å². The molecule has 1 N–H and O–H groups in total. The Hall–Kier alpha value is -2.40. The lowest BCUT2D eigenvalue weighted by Gasteiger charge is -2.42. The van der Waals surface area contributed by atoms with Crippen LogP contribution in [0.3, 0.4) is 0 Å². The highest BCUT2D eigenvalue weighted by atomic mass is 32.2. The Balaban J connectivity index is 1.95. The summed E-state index contributed by atoms with van der Waals surface area (Å²) in [7, 11) is -3.60. The van der Waals surface area contributed by atoms with Gasteiger partial charge in [-0.2, -0.15) is 0 Å². The summed E-state index contributed by atoms with van der Waals surface area (Å²) in [6.45, 7) is 8.74. The van der Waals surface area contributed by atoms with E-state index in [-0.39, 0.29) is 21.3 Å². The van der Waals surface area contributed by atoms with Crippen molar-refractivity contribution in [2.75, 3.05) is 0 Å². The fourth-order valence-electron chi connectivity index (χ4n) is 3.73. The van der Waals surface area contributed by atoms with E-state index in [0.29, 0.717) is 5.56 Å². The molecule has 2 aromatic carbocycles. The van der Waals surface area contributed by atoms with Gasteiger partial charge in [-0.3, -0.25) is 0 Å². The minimum atomic E-state index is -3.60. The van der Waals surface area contributed by atoms with Gasteiger partial charge >= 0.3 is 5.97 Å². The summed E-state index contributed by atoms with van der Waals surface area (Å²) in [5.74, 6) is -1.01. The molecule has 5 heteroatoms. The Bertz CT molecular complexity index is 1040. The molecule has 0 spiro atoms. The third-order valence-corrected chi connectivity index (χ3v) is 7.16. The van der Waals surface area contributed by atoms with Gasteiger partial charge in [0.25, 0.3) is 0 Å². The molecular formula is C23H26O4S. The van der Waals surface area contributed by atoms with Crippen LogP contribution in [-0.4, -0.2) is 19.5 Å². The van der Waals surface area contributed by atoms with Gasteiger partial charge in [0, 0.05) is 5.41 Å². The second-order valence-electron chi connectivity index (χ2n) is 8.75. The van der Waals surface area contributed by atoms with Gasteiger partial charge in [-0.15, -0.1) is 0 Å². The van der Waals surface area contributed by atoms with Gasteiger partial charge in [-0.1, -0.05) is 45.9 Å². The van der Waals surface area contributed by atoms with Crippen molar-refractivity contribution >= 4 is 21.9 Å². The number of carboxylic acid groups (broad SMARTS) is 1. The van der Waals surface area contributed by atoms with Gasteiger partial charge in [0.2, 0.25) is 0 Å². The van der Waals surface area contributed by atoms with Gasteiger partial charge in [-0.25, -0.2) is 13.2 Å². The Morgan fingerprint density at radius 2 is 1.50 bits per heavy atom. The van der Waals surface area contributed by atoms with E-state index in [2.05, 4.69) is 27.7 Å². The molecule has 0 fully saturated rings. The Kier molecular flexibility index (Phi) is 5.00. The number of hydrogen-bond donors (Lipinski definition) is 1. The minimum absolute atomic E-state index is 0.0366. The first-order valence-corrected chi connectivity index (χ1v) is 10.9. The van der Waals surface area contributed by atoms with Crippen LogP contribution in [0, 0.1) is 0 Å². The van der Waals surface area contributed by atoms with E-state index in [4.69, 9.17) is 5.11 Å². The minimum Gasteiger partial charge on any atom is -0.478 e. The molecule has 0 saturated heterocycles. The van der Waals surface area contributed by atoms with Crippen LogP contribution in [0.15, 0.2) is 52.8 Å². The summed E-state index contributed by atoms with van der Waals surface area (Å²) >= 11 is 0. The first-order chi connectivity index (χ1) is 12.9. The van der Waals surface area contributed by atoms with Gasteiger partial charge in [0.1, 0.15) is 0 Å². The van der Waals surface area contributed by atoms with Crippen LogP contribution in [0.5, 0.6) is 0 Å². The maximum absolute atomic E-state index is 12.9. The molecule has 0 bridgehead atoms. The van der Waals surface area contributed by atoms with Crippen molar-refractivity contribution in [1.29, 1.82) is 0 Å². The zero-order chi connectivity index (χ0) is 20.7. The molecule has 28 heavy (non-hydrogen) atoms. The van der Waals surface area contributed by atoms with Gasteiger partial charge in [-0.05, 0) is 70.7 Å². The number of rotatable bonds is 4. The third-order valence-electron chi connectivity index (χ3n) is 5.75. The molecule has 0 unspecified atom stereocenters. The molecule has 4 nitrogen and oxygen atoms in total. The molecule has 1 aliphatic carbocycles. The highest BCUT2D eigenvalue weighted by Gasteiger charge is 2.37. The molecule has 3 rings (SSSR count). The fourth-order valence-corrected chi connectivity index (χ4v) is 4.76. The average molecular weight is 399 g/mol. The number of carbonyl (C=O) groups is 1. The second kappa shape index (κ2) is 6.89. The summed E-state index contributed by atoms with van der Waals surface area (Å²) in [6, 6.07) is 11.6. The number of benzene rings is 2. The summed E-state index contributed by atoms with van der Waals surface area (Å²) in [4.78, 5) is 11.2.